The molecule has 1 saturated heterocycles. The van der Waals surface area contributed by atoms with E-state index in [1.54, 1.807) is 0 Å². The number of hydrogen-bond acceptors (Lipinski definition) is 5. The molecule has 4 rings (SSSR count). The molecule has 3 heterocycles. The zero-order valence-corrected chi connectivity index (χ0v) is 15.4. The molecule has 2 atom stereocenters. The lowest BCUT2D eigenvalue weighted by molar-refractivity contribution is 0.0196. The maximum absolute atomic E-state index is 6.32. The smallest absolute Gasteiger partial charge is 0.138 e. The minimum absolute atomic E-state index is 0.307. The van der Waals surface area contributed by atoms with E-state index >= 15 is 0 Å². The van der Waals surface area contributed by atoms with Crippen LogP contribution < -0.4 is 0 Å². The lowest BCUT2D eigenvalue weighted by Crippen LogP contribution is -2.38. The highest BCUT2D eigenvalue weighted by Crippen LogP contribution is 2.32. The van der Waals surface area contributed by atoms with Crippen molar-refractivity contribution in [2.75, 3.05) is 13.2 Å². The topological polar surface area (TPSA) is 56.3 Å². The molecular formula is C19H28N4O2. The van der Waals surface area contributed by atoms with Crippen LogP contribution in [0.4, 0.5) is 0 Å². The summed E-state index contributed by atoms with van der Waals surface area (Å²) in [7, 11) is 1.97. The Hall–Kier alpha value is -1.66. The minimum atomic E-state index is 0.307. The summed E-state index contributed by atoms with van der Waals surface area (Å²) in [5, 5.41) is 8.44. The maximum Gasteiger partial charge on any atom is 0.138 e. The van der Waals surface area contributed by atoms with Gasteiger partial charge in [-0.3, -0.25) is 9.58 Å². The molecule has 0 amide bonds. The summed E-state index contributed by atoms with van der Waals surface area (Å²) in [4.78, 5) is 2.54. The van der Waals surface area contributed by atoms with Crippen molar-refractivity contribution in [1.29, 1.82) is 0 Å². The molecule has 2 fully saturated rings. The summed E-state index contributed by atoms with van der Waals surface area (Å²) < 4.78 is 13.6. The van der Waals surface area contributed by atoms with Crippen molar-refractivity contribution in [2.45, 2.75) is 58.2 Å². The van der Waals surface area contributed by atoms with Crippen molar-refractivity contribution in [3.8, 4) is 0 Å². The van der Waals surface area contributed by atoms with Crippen molar-refractivity contribution in [3.05, 3.63) is 35.0 Å². The van der Waals surface area contributed by atoms with E-state index in [1.807, 2.05) is 31.8 Å². The summed E-state index contributed by atoms with van der Waals surface area (Å²) in [6.07, 6.45) is 9.15. The molecule has 0 spiro atoms. The molecule has 0 bridgehead atoms. The molecule has 0 N–H and O–H groups in total. The molecule has 2 aromatic heterocycles. The number of ether oxygens (including phenoxy) is 1. The normalized spacial score (nSPS) is 24.3. The minimum Gasteiger partial charge on any atom is -0.376 e. The van der Waals surface area contributed by atoms with Crippen molar-refractivity contribution >= 4 is 0 Å². The molecule has 2 aliphatic rings. The van der Waals surface area contributed by atoms with Gasteiger partial charge in [-0.1, -0.05) is 5.16 Å². The number of aryl methyl sites for hydroxylation is 3. The van der Waals surface area contributed by atoms with Gasteiger partial charge in [-0.15, -0.1) is 0 Å². The van der Waals surface area contributed by atoms with E-state index in [0.717, 1.165) is 49.9 Å². The van der Waals surface area contributed by atoms with Crippen LogP contribution >= 0.6 is 0 Å². The second-order valence-electron chi connectivity index (χ2n) is 7.67. The average Bonchev–Trinajstić information content (AvgIpc) is 3.11. The lowest BCUT2D eigenvalue weighted by Gasteiger charge is -2.28. The van der Waals surface area contributed by atoms with Gasteiger partial charge in [0.25, 0.3) is 0 Å². The summed E-state index contributed by atoms with van der Waals surface area (Å²) >= 11 is 0. The average molecular weight is 344 g/mol. The molecule has 6 heteroatoms. The molecule has 25 heavy (non-hydrogen) atoms. The van der Waals surface area contributed by atoms with Gasteiger partial charge in [0.15, 0.2) is 0 Å². The highest BCUT2D eigenvalue weighted by molar-refractivity contribution is 5.21. The number of nitrogens with zero attached hydrogens (tertiary/aromatic N) is 4. The van der Waals surface area contributed by atoms with E-state index in [1.165, 1.54) is 24.0 Å². The van der Waals surface area contributed by atoms with Crippen LogP contribution in [0.1, 0.15) is 41.8 Å². The second-order valence-corrected chi connectivity index (χ2v) is 7.67. The Morgan fingerprint density at radius 2 is 2.12 bits per heavy atom. The van der Waals surface area contributed by atoms with Crippen molar-refractivity contribution in [2.24, 2.45) is 13.0 Å². The van der Waals surface area contributed by atoms with Crippen LogP contribution in [0, 0.1) is 19.8 Å². The van der Waals surface area contributed by atoms with Gasteiger partial charge in [0.1, 0.15) is 5.76 Å². The number of hydrogen-bond donors (Lipinski definition) is 0. The van der Waals surface area contributed by atoms with Gasteiger partial charge in [-0.25, -0.2) is 0 Å². The van der Waals surface area contributed by atoms with Crippen molar-refractivity contribution < 1.29 is 9.26 Å². The Kier molecular flexibility index (Phi) is 4.65. The Bertz CT molecular complexity index is 699. The zero-order valence-electron chi connectivity index (χ0n) is 15.4. The van der Waals surface area contributed by atoms with Gasteiger partial charge in [0.2, 0.25) is 0 Å². The van der Waals surface area contributed by atoms with Gasteiger partial charge in [-0.05, 0) is 51.0 Å². The standard InChI is InChI=1S/C19H28N4O2/c1-13-17(14(2)25-21-13)11-23-7-6-19(24-12-15-4-5-15)18(23)8-16-9-20-22(3)10-16/h9-10,15,18-19H,4-8,11-12H2,1-3H3/t18-,19+/m0/s1. The lowest BCUT2D eigenvalue weighted by atomic mass is 10.0. The van der Waals surface area contributed by atoms with E-state index < -0.39 is 0 Å². The Morgan fingerprint density at radius 1 is 1.28 bits per heavy atom. The summed E-state index contributed by atoms with van der Waals surface area (Å²) in [5.41, 5.74) is 3.50. The fourth-order valence-corrected chi connectivity index (χ4v) is 3.83. The molecule has 1 saturated carbocycles. The highest BCUT2D eigenvalue weighted by atomic mass is 16.5. The van der Waals surface area contributed by atoms with Crippen molar-refractivity contribution in [3.63, 3.8) is 0 Å². The monoisotopic (exact) mass is 344 g/mol. The molecule has 136 valence electrons. The Balaban J connectivity index is 1.49. The Morgan fingerprint density at radius 3 is 2.76 bits per heavy atom. The molecule has 0 radical (unpaired) electrons. The third-order valence-corrected chi connectivity index (χ3v) is 5.59. The van der Waals surface area contributed by atoms with Gasteiger partial charge in [-0.2, -0.15) is 5.10 Å². The Labute approximate surface area is 149 Å². The highest BCUT2D eigenvalue weighted by Gasteiger charge is 2.37. The first kappa shape index (κ1) is 16.8. The van der Waals surface area contributed by atoms with Crippen LogP contribution in [-0.2, 0) is 24.8 Å². The van der Waals surface area contributed by atoms with E-state index in [4.69, 9.17) is 9.26 Å². The SMILES string of the molecule is Cc1noc(C)c1CN1CC[C@@H](OCC2CC2)[C@@H]1Cc1cnn(C)c1. The van der Waals surface area contributed by atoms with Gasteiger partial charge in [0.05, 0.1) is 18.0 Å². The molecular weight excluding hydrogens is 316 g/mol. The van der Waals surface area contributed by atoms with Crippen LogP contribution in [-0.4, -0.2) is 45.1 Å². The second kappa shape index (κ2) is 6.92. The largest absolute Gasteiger partial charge is 0.376 e. The first-order chi connectivity index (χ1) is 12.1. The summed E-state index contributed by atoms with van der Waals surface area (Å²) in [6.45, 7) is 6.90. The van der Waals surface area contributed by atoms with Crippen molar-refractivity contribution in [1.82, 2.24) is 19.8 Å². The number of rotatable bonds is 7. The molecule has 6 nitrogen and oxygen atoms in total. The summed E-state index contributed by atoms with van der Waals surface area (Å²) in [6, 6.07) is 0.386. The fraction of sp³-hybridized carbons (Fsp3) is 0.684. The first-order valence-electron chi connectivity index (χ1n) is 9.35. The molecule has 1 aliphatic heterocycles. The number of aromatic nitrogens is 3. The molecule has 0 unspecified atom stereocenters. The summed E-state index contributed by atoms with van der Waals surface area (Å²) in [5.74, 6) is 1.73. The van der Waals surface area contributed by atoms with Crippen LogP contribution in [0.5, 0.6) is 0 Å². The third kappa shape index (κ3) is 3.80. The quantitative estimate of drug-likeness (QED) is 0.773. The van der Waals surface area contributed by atoms with Gasteiger partial charge in [0, 0.05) is 44.5 Å². The third-order valence-electron chi connectivity index (χ3n) is 5.59. The van der Waals surface area contributed by atoms with Crippen LogP contribution in [0.25, 0.3) is 0 Å². The van der Waals surface area contributed by atoms with Crippen LogP contribution in [0.2, 0.25) is 0 Å². The fourth-order valence-electron chi connectivity index (χ4n) is 3.83. The van der Waals surface area contributed by atoms with Crippen LogP contribution in [0.15, 0.2) is 16.9 Å². The zero-order chi connectivity index (χ0) is 17.4. The predicted octanol–water partition coefficient (Wildman–Crippen LogP) is 2.64. The molecule has 2 aromatic rings. The van der Waals surface area contributed by atoms with E-state index in [2.05, 4.69) is 21.4 Å². The molecule has 1 aliphatic carbocycles. The van der Waals surface area contributed by atoms with E-state index in [-0.39, 0.29) is 0 Å². The van der Waals surface area contributed by atoms with E-state index in [9.17, 15) is 0 Å². The van der Waals surface area contributed by atoms with Crippen LogP contribution in [0.3, 0.4) is 0 Å². The predicted molar refractivity (Wildman–Crippen MR) is 94.2 cm³/mol. The van der Waals surface area contributed by atoms with Gasteiger partial charge < -0.3 is 9.26 Å². The molecule has 0 aromatic carbocycles. The first-order valence-corrected chi connectivity index (χ1v) is 9.35. The van der Waals surface area contributed by atoms with E-state index in [0.29, 0.717) is 12.1 Å². The maximum atomic E-state index is 6.32. The van der Waals surface area contributed by atoms with Gasteiger partial charge >= 0.3 is 0 Å². The number of likely N-dealkylation sites (tertiary alicyclic amines) is 1.